The van der Waals surface area contributed by atoms with Crippen molar-refractivity contribution in [2.24, 2.45) is 5.73 Å². The summed E-state index contributed by atoms with van der Waals surface area (Å²) >= 11 is 3.29. The Morgan fingerprint density at radius 2 is 2.06 bits per heavy atom. The van der Waals surface area contributed by atoms with Crippen LogP contribution in [0.25, 0.3) is 0 Å². The predicted octanol–water partition coefficient (Wildman–Crippen LogP) is 0.00460. The minimum atomic E-state index is -0.517. The van der Waals surface area contributed by atoms with E-state index in [1.54, 1.807) is 24.3 Å². The van der Waals surface area contributed by atoms with E-state index in [1.807, 2.05) is 0 Å². The first kappa shape index (κ1) is 12.1. The topological polar surface area (TPSA) is 84.2 Å². The van der Waals surface area contributed by atoms with Crippen LogP contribution in [-0.4, -0.2) is 30.4 Å². The van der Waals surface area contributed by atoms with Crippen molar-refractivity contribution in [1.82, 2.24) is 10.6 Å². The molecule has 5 nitrogen and oxygen atoms in total. The second kappa shape index (κ2) is 4.85. The second-order valence-corrected chi connectivity index (χ2v) is 4.72. The number of benzene rings is 1. The van der Waals surface area contributed by atoms with E-state index in [0.717, 1.165) is 4.47 Å². The number of nitrogens with two attached hydrogens (primary N) is 1. The quantitative estimate of drug-likeness (QED) is 0.687. The van der Waals surface area contributed by atoms with Gasteiger partial charge in [0.2, 0.25) is 5.91 Å². The minimum Gasteiger partial charge on any atom is -0.348 e. The van der Waals surface area contributed by atoms with Gasteiger partial charge in [0.25, 0.3) is 5.91 Å². The molecule has 1 aromatic carbocycles. The van der Waals surface area contributed by atoms with E-state index in [9.17, 15) is 9.59 Å². The zero-order chi connectivity index (χ0) is 12.4. The molecule has 1 aromatic rings. The summed E-state index contributed by atoms with van der Waals surface area (Å²) < 4.78 is 0.898. The van der Waals surface area contributed by atoms with E-state index in [4.69, 9.17) is 5.73 Å². The van der Waals surface area contributed by atoms with Crippen molar-refractivity contribution in [2.45, 2.75) is 12.1 Å². The maximum atomic E-state index is 11.8. The lowest BCUT2D eigenvalue weighted by Gasteiger charge is -2.36. The van der Waals surface area contributed by atoms with Crippen LogP contribution in [0.4, 0.5) is 0 Å². The number of β-lactam (4-membered cyclic amide) rings is 1. The first-order valence-corrected chi connectivity index (χ1v) is 5.98. The summed E-state index contributed by atoms with van der Waals surface area (Å²) in [4.78, 5) is 23.1. The molecule has 1 aliphatic heterocycles. The molecule has 90 valence electrons. The Bertz CT molecular complexity index is 447. The van der Waals surface area contributed by atoms with Crippen molar-refractivity contribution in [3.05, 3.63) is 34.3 Å². The van der Waals surface area contributed by atoms with Gasteiger partial charge in [-0.1, -0.05) is 15.9 Å². The number of nitrogens with one attached hydrogen (secondary N) is 2. The molecule has 17 heavy (non-hydrogen) atoms. The standard InChI is InChI=1S/C11H12BrN3O2/c12-7-3-1-6(2-4-7)10(16)15-9-8(5-13)14-11(9)17/h1-4,8-9H,5,13H2,(H,14,17)(H,15,16). The van der Waals surface area contributed by atoms with E-state index >= 15 is 0 Å². The highest BCUT2D eigenvalue weighted by molar-refractivity contribution is 9.10. The van der Waals surface area contributed by atoms with Gasteiger partial charge in [-0.2, -0.15) is 0 Å². The van der Waals surface area contributed by atoms with E-state index in [2.05, 4.69) is 26.6 Å². The van der Waals surface area contributed by atoms with Gasteiger partial charge in [-0.3, -0.25) is 9.59 Å². The Hall–Kier alpha value is -1.40. The number of rotatable bonds is 3. The maximum absolute atomic E-state index is 11.8. The number of hydrogen-bond donors (Lipinski definition) is 3. The first-order valence-electron chi connectivity index (χ1n) is 5.18. The van der Waals surface area contributed by atoms with Crippen molar-refractivity contribution in [3.63, 3.8) is 0 Å². The van der Waals surface area contributed by atoms with Gasteiger partial charge in [-0.25, -0.2) is 0 Å². The monoisotopic (exact) mass is 297 g/mol. The maximum Gasteiger partial charge on any atom is 0.251 e. The van der Waals surface area contributed by atoms with Gasteiger partial charge in [0.05, 0.1) is 6.04 Å². The van der Waals surface area contributed by atoms with E-state index in [-0.39, 0.29) is 17.9 Å². The number of amides is 2. The molecule has 0 aromatic heterocycles. The summed E-state index contributed by atoms with van der Waals surface area (Å²) in [6.45, 7) is 0.316. The Balaban J connectivity index is 2.02. The Morgan fingerprint density at radius 1 is 1.41 bits per heavy atom. The molecular weight excluding hydrogens is 286 g/mol. The number of carbonyl (C=O) groups excluding carboxylic acids is 2. The van der Waals surface area contributed by atoms with E-state index < -0.39 is 6.04 Å². The lowest BCUT2D eigenvalue weighted by atomic mass is 9.99. The molecular formula is C11H12BrN3O2. The smallest absolute Gasteiger partial charge is 0.251 e. The van der Waals surface area contributed by atoms with Crippen LogP contribution < -0.4 is 16.4 Å². The highest BCUT2D eigenvalue weighted by Crippen LogP contribution is 2.11. The van der Waals surface area contributed by atoms with Crippen LogP contribution in [0.3, 0.4) is 0 Å². The van der Waals surface area contributed by atoms with Crippen molar-refractivity contribution in [2.75, 3.05) is 6.54 Å². The van der Waals surface area contributed by atoms with Gasteiger partial charge in [-0.15, -0.1) is 0 Å². The van der Waals surface area contributed by atoms with Gasteiger partial charge >= 0.3 is 0 Å². The van der Waals surface area contributed by atoms with Crippen molar-refractivity contribution >= 4 is 27.7 Å². The third-order valence-electron chi connectivity index (χ3n) is 2.66. The number of carbonyl (C=O) groups is 2. The van der Waals surface area contributed by atoms with Gasteiger partial charge in [-0.05, 0) is 24.3 Å². The van der Waals surface area contributed by atoms with Crippen LogP contribution in [-0.2, 0) is 4.79 Å². The summed E-state index contributed by atoms with van der Waals surface area (Å²) in [6.07, 6.45) is 0. The fourth-order valence-corrected chi connectivity index (χ4v) is 1.89. The van der Waals surface area contributed by atoms with Crippen LogP contribution >= 0.6 is 15.9 Å². The largest absolute Gasteiger partial charge is 0.348 e. The molecule has 0 radical (unpaired) electrons. The molecule has 2 unspecified atom stereocenters. The molecule has 0 spiro atoms. The predicted molar refractivity (Wildman–Crippen MR) is 66.4 cm³/mol. The average Bonchev–Trinajstić information content (AvgIpc) is 2.33. The summed E-state index contributed by atoms with van der Waals surface area (Å²) in [7, 11) is 0. The second-order valence-electron chi connectivity index (χ2n) is 3.81. The normalized spacial score (nSPS) is 22.6. The molecule has 1 heterocycles. The van der Waals surface area contributed by atoms with Crippen LogP contribution in [0, 0.1) is 0 Å². The molecule has 4 N–H and O–H groups in total. The van der Waals surface area contributed by atoms with Crippen molar-refractivity contribution in [1.29, 1.82) is 0 Å². The van der Waals surface area contributed by atoms with Crippen LogP contribution in [0.15, 0.2) is 28.7 Å². The summed E-state index contributed by atoms with van der Waals surface area (Å²) in [5, 5.41) is 5.28. The number of hydrogen-bond acceptors (Lipinski definition) is 3. The molecule has 2 amide bonds. The van der Waals surface area contributed by atoms with Crippen molar-refractivity contribution in [3.8, 4) is 0 Å². The molecule has 2 atom stereocenters. The molecule has 2 rings (SSSR count). The zero-order valence-electron chi connectivity index (χ0n) is 8.94. The molecule has 1 aliphatic rings. The molecule has 0 bridgehead atoms. The molecule has 0 aliphatic carbocycles. The fourth-order valence-electron chi connectivity index (χ4n) is 1.63. The van der Waals surface area contributed by atoms with Gasteiger partial charge in [0.15, 0.2) is 0 Å². The summed E-state index contributed by atoms with van der Waals surface area (Å²) in [5.41, 5.74) is 5.97. The zero-order valence-corrected chi connectivity index (χ0v) is 10.5. The number of halogens is 1. The Morgan fingerprint density at radius 3 is 2.59 bits per heavy atom. The van der Waals surface area contributed by atoms with E-state index in [1.165, 1.54) is 0 Å². The molecule has 1 saturated heterocycles. The molecule has 6 heteroatoms. The van der Waals surface area contributed by atoms with Gasteiger partial charge in [0, 0.05) is 16.6 Å². The SMILES string of the molecule is NCC1NC(=O)C1NC(=O)c1ccc(Br)cc1. The van der Waals surface area contributed by atoms with Crippen LogP contribution in [0.2, 0.25) is 0 Å². The van der Waals surface area contributed by atoms with Crippen LogP contribution in [0.5, 0.6) is 0 Å². The summed E-state index contributed by atoms with van der Waals surface area (Å²) in [5.74, 6) is -0.457. The van der Waals surface area contributed by atoms with Crippen molar-refractivity contribution < 1.29 is 9.59 Å². The third kappa shape index (κ3) is 2.48. The minimum absolute atomic E-state index is 0.165. The Labute approximate surface area is 107 Å². The fraction of sp³-hybridized carbons (Fsp3) is 0.273. The highest BCUT2D eigenvalue weighted by Gasteiger charge is 2.39. The highest BCUT2D eigenvalue weighted by atomic mass is 79.9. The van der Waals surface area contributed by atoms with Gasteiger partial charge < -0.3 is 16.4 Å². The van der Waals surface area contributed by atoms with Crippen LogP contribution in [0.1, 0.15) is 10.4 Å². The molecule has 0 saturated carbocycles. The summed E-state index contributed by atoms with van der Waals surface area (Å²) in [6, 6.07) is 6.24. The lowest BCUT2D eigenvalue weighted by Crippen LogP contribution is -2.71. The molecule has 1 fully saturated rings. The lowest BCUT2D eigenvalue weighted by molar-refractivity contribution is -0.131. The Kier molecular flexibility index (Phi) is 3.44. The first-order chi connectivity index (χ1) is 8.11. The average molecular weight is 298 g/mol. The third-order valence-corrected chi connectivity index (χ3v) is 3.19. The van der Waals surface area contributed by atoms with Gasteiger partial charge in [0.1, 0.15) is 6.04 Å². The van der Waals surface area contributed by atoms with E-state index in [0.29, 0.717) is 12.1 Å².